The average molecular weight is 255 g/mol. The van der Waals surface area contributed by atoms with E-state index in [0.717, 1.165) is 16.5 Å². The van der Waals surface area contributed by atoms with E-state index in [9.17, 15) is 10.2 Å². The second kappa shape index (κ2) is 4.57. The topological polar surface area (TPSA) is 65.5 Å². The lowest BCUT2D eigenvalue weighted by molar-refractivity contribution is 0.307. The Morgan fingerprint density at radius 1 is 1.00 bits per heavy atom. The van der Waals surface area contributed by atoms with E-state index in [4.69, 9.17) is 4.74 Å². The van der Waals surface area contributed by atoms with Crippen LogP contribution in [0.5, 0.6) is 17.2 Å². The lowest BCUT2D eigenvalue weighted by Crippen LogP contribution is -1.94. The molecule has 4 heteroatoms. The van der Waals surface area contributed by atoms with Crippen molar-refractivity contribution >= 4 is 10.9 Å². The van der Waals surface area contributed by atoms with Gasteiger partial charge in [0.1, 0.15) is 23.9 Å². The first-order valence-corrected chi connectivity index (χ1v) is 5.94. The Morgan fingerprint density at radius 2 is 1.79 bits per heavy atom. The number of rotatable bonds is 3. The molecular weight excluding hydrogens is 242 g/mol. The van der Waals surface area contributed by atoms with E-state index in [-0.39, 0.29) is 11.5 Å². The molecule has 19 heavy (non-hydrogen) atoms. The Hall–Kier alpha value is -2.62. The molecule has 0 aliphatic rings. The molecule has 3 rings (SSSR count). The van der Waals surface area contributed by atoms with Gasteiger partial charge in [0, 0.05) is 22.7 Å². The molecule has 0 spiro atoms. The number of phenols is 2. The van der Waals surface area contributed by atoms with Crippen LogP contribution in [0.15, 0.2) is 48.7 Å². The van der Waals surface area contributed by atoms with E-state index in [0.29, 0.717) is 12.4 Å². The molecule has 0 bridgehead atoms. The zero-order chi connectivity index (χ0) is 13.2. The summed E-state index contributed by atoms with van der Waals surface area (Å²) in [5.74, 6) is 1.11. The van der Waals surface area contributed by atoms with Gasteiger partial charge in [-0.25, -0.2) is 0 Å². The van der Waals surface area contributed by atoms with Crippen molar-refractivity contribution in [1.29, 1.82) is 0 Å². The Labute approximate surface area is 109 Å². The van der Waals surface area contributed by atoms with Crippen LogP contribution in [0.1, 0.15) is 5.56 Å². The van der Waals surface area contributed by atoms with Gasteiger partial charge in [0.25, 0.3) is 0 Å². The summed E-state index contributed by atoms with van der Waals surface area (Å²) in [4.78, 5) is 3.09. The van der Waals surface area contributed by atoms with Crippen LogP contribution in [0, 0.1) is 0 Å². The number of nitrogens with one attached hydrogen (secondary N) is 1. The van der Waals surface area contributed by atoms with Crippen LogP contribution in [0.4, 0.5) is 0 Å². The highest BCUT2D eigenvalue weighted by atomic mass is 16.5. The molecule has 0 saturated heterocycles. The third-order valence-electron chi connectivity index (χ3n) is 3.00. The number of H-pyrrole nitrogens is 1. The number of hydrogen-bond acceptors (Lipinski definition) is 3. The van der Waals surface area contributed by atoms with E-state index in [2.05, 4.69) is 4.98 Å². The number of aromatic amines is 1. The second-order valence-corrected chi connectivity index (χ2v) is 4.30. The zero-order valence-electron chi connectivity index (χ0n) is 10.1. The maximum atomic E-state index is 9.87. The van der Waals surface area contributed by atoms with Crippen molar-refractivity contribution in [2.24, 2.45) is 0 Å². The fourth-order valence-electron chi connectivity index (χ4n) is 2.05. The Balaban J connectivity index is 1.84. The summed E-state index contributed by atoms with van der Waals surface area (Å²) in [6, 6.07) is 11.9. The number of ether oxygens (including phenoxy) is 1. The Bertz CT molecular complexity index is 701. The molecule has 96 valence electrons. The average Bonchev–Trinajstić information content (AvgIpc) is 2.83. The Kier molecular flexibility index (Phi) is 2.76. The van der Waals surface area contributed by atoms with Crippen LogP contribution in [0.25, 0.3) is 10.9 Å². The maximum Gasteiger partial charge on any atom is 0.125 e. The van der Waals surface area contributed by atoms with Crippen LogP contribution in [0.2, 0.25) is 0 Å². The van der Waals surface area contributed by atoms with Gasteiger partial charge in [-0.05, 0) is 36.4 Å². The van der Waals surface area contributed by atoms with Gasteiger partial charge in [0.05, 0.1) is 0 Å². The lowest BCUT2D eigenvalue weighted by Gasteiger charge is -2.06. The summed E-state index contributed by atoms with van der Waals surface area (Å²) in [5.41, 5.74) is 1.77. The van der Waals surface area contributed by atoms with Crippen molar-refractivity contribution in [1.82, 2.24) is 4.98 Å². The highest BCUT2D eigenvalue weighted by Crippen LogP contribution is 2.28. The van der Waals surface area contributed by atoms with Gasteiger partial charge in [-0.2, -0.15) is 0 Å². The first kappa shape index (κ1) is 11.5. The molecule has 3 aromatic rings. The number of fused-ring (bicyclic) bond motifs is 1. The fraction of sp³-hybridized carbons (Fsp3) is 0.0667. The van der Waals surface area contributed by atoms with E-state index < -0.39 is 0 Å². The molecule has 0 aliphatic carbocycles. The van der Waals surface area contributed by atoms with Gasteiger partial charge in [-0.3, -0.25) is 0 Å². The molecule has 0 unspecified atom stereocenters. The summed E-state index contributed by atoms with van der Waals surface area (Å²) in [7, 11) is 0. The normalized spacial score (nSPS) is 10.7. The van der Waals surface area contributed by atoms with Gasteiger partial charge in [-0.1, -0.05) is 6.07 Å². The molecule has 1 aromatic heterocycles. The van der Waals surface area contributed by atoms with Crippen LogP contribution >= 0.6 is 0 Å². The van der Waals surface area contributed by atoms with Crippen LogP contribution < -0.4 is 4.74 Å². The third kappa shape index (κ3) is 2.20. The third-order valence-corrected chi connectivity index (χ3v) is 3.00. The molecule has 0 atom stereocenters. The maximum absolute atomic E-state index is 9.87. The molecule has 0 saturated carbocycles. The van der Waals surface area contributed by atoms with Crippen molar-refractivity contribution in [3.05, 3.63) is 54.2 Å². The predicted molar refractivity (Wildman–Crippen MR) is 72.4 cm³/mol. The van der Waals surface area contributed by atoms with E-state index in [1.54, 1.807) is 36.4 Å². The van der Waals surface area contributed by atoms with Crippen molar-refractivity contribution in [2.75, 3.05) is 0 Å². The van der Waals surface area contributed by atoms with E-state index in [1.165, 1.54) is 0 Å². The summed E-state index contributed by atoms with van der Waals surface area (Å²) in [6.45, 7) is 0.350. The molecule has 0 radical (unpaired) electrons. The number of phenolic OH excluding ortho intramolecular Hbond substituents is 2. The van der Waals surface area contributed by atoms with Crippen molar-refractivity contribution in [3.8, 4) is 17.2 Å². The first-order valence-electron chi connectivity index (χ1n) is 5.94. The summed E-state index contributed by atoms with van der Waals surface area (Å²) >= 11 is 0. The number of aromatic hydroxyl groups is 2. The van der Waals surface area contributed by atoms with Crippen LogP contribution in [-0.2, 0) is 6.61 Å². The molecule has 1 heterocycles. The number of benzene rings is 2. The van der Waals surface area contributed by atoms with Crippen LogP contribution in [0.3, 0.4) is 0 Å². The smallest absolute Gasteiger partial charge is 0.125 e. The molecule has 4 nitrogen and oxygen atoms in total. The van der Waals surface area contributed by atoms with Gasteiger partial charge >= 0.3 is 0 Å². The van der Waals surface area contributed by atoms with Crippen molar-refractivity contribution in [2.45, 2.75) is 6.61 Å². The highest BCUT2D eigenvalue weighted by molar-refractivity contribution is 5.88. The molecule has 0 fully saturated rings. The second-order valence-electron chi connectivity index (χ2n) is 4.30. The predicted octanol–water partition coefficient (Wildman–Crippen LogP) is 3.16. The van der Waals surface area contributed by atoms with Crippen molar-refractivity contribution < 1.29 is 14.9 Å². The Morgan fingerprint density at radius 3 is 2.58 bits per heavy atom. The fourth-order valence-corrected chi connectivity index (χ4v) is 2.05. The van der Waals surface area contributed by atoms with Gasteiger partial charge < -0.3 is 19.9 Å². The van der Waals surface area contributed by atoms with Gasteiger partial charge in [0.15, 0.2) is 0 Å². The molecule has 0 aliphatic heterocycles. The SMILES string of the molecule is Oc1ccc(OCc2c[nH]c3cccc(O)c23)cc1. The molecule has 2 aromatic carbocycles. The monoisotopic (exact) mass is 255 g/mol. The van der Waals surface area contributed by atoms with E-state index in [1.807, 2.05) is 12.3 Å². The van der Waals surface area contributed by atoms with Gasteiger partial charge in [0.2, 0.25) is 0 Å². The van der Waals surface area contributed by atoms with Gasteiger partial charge in [-0.15, -0.1) is 0 Å². The van der Waals surface area contributed by atoms with E-state index >= 15 is 0 Å². The number of hydrogen-bond donors (Lipinski definition) is 3. The summed E-state index contributed by atoms with van der Waals surface area (Å²) in [6.07, 6.45) is 1.82. The summed E-state index contributed by atoms with van der Waals surface area (Å²) < 4.78 is 5.63. The highest BCUT2D eigenvalue weighted by Gasteiger charge is 2.08. The minimum absolute atomic E-state index is 0.206. The minimum atomic E-state index is 0.206. The molecule has 3 N–H and O–H groups in total. The zero-order valence-corrected chi connectivity index (χ0v) is 10.1. The van der Waals surface area contributed by atoms with Crippen LogP contribution in [-0.4, -0.2) is 15.2 Å². The lowest BCUT2D eigenvalue weighted by atomic mass is 10.1. The number of aromatic nitrogens is 1. The standard InChI is InChI=1S/C15H13NO3/c17-11-4-6-12(7-5-11)19-9-10-8-16-13-2-1-3-14(18)15(10)13/h1-8,16-18H,9H2. The minimum Gasteiger partial charge on any atom is -0.508 e. The molecular formula is C15H13NO3. The van der Waals surface area contributed by atoms with Crippen molar-refractivity contribution in [3.63, 3.8) is 0 Å². The largest absolute Gasteiger partial charge is 0.508 e. The first-order chi connectivity index (χ1) is 9.24. The molecule has 0 amide bonds. The quantitative estimate of drug-likeness (QED) is 0.673. The summed E-state index contributed by atoms with van der Waals surface area (Å²) in [5, 5.41) is 19.8.